The molecule has 0 atom stereocenters. The van der Waals surface area contributed by atoms with Gasteiger partial charge in [0.1, 0.15) is 5.75 Å². The van der Waals surface area contributed by atoms with Crippen LogP contribution in [0.25, 0.3) is 0 Å². The molecular formula is C12H13F3N2O2. The lowest BCUT2D eigenvalue weighted by Gasteiger charge is -2.32. The predicted molar refractivity (Wildman–Crippen MR) is 61.6 cm³/mol. The first-order chi connectivity index (χ1) is 8.83. The molecule has 0 aliphatic heterocycles. The molecule has 0 aromatic heterocycles. The van der Waals surface area contributed by atoms with Crippen molar-refractivity contribution in [1.29, 1.82) is 0 Å². The summed E-state index contributed by atoms with van der Waals surface area (Å²) in [6, 6.07) is 4.95. The molecule has 0 unspecified atom stereocenters. The Kier molecular flexibility index (Phi) is 3.66. The first-order valence-electron chi connectivity index (χ1n) is 5.76. The number of nitrogens with one attached hydrogen (secondary N) is 1. The summed E-state index contributed by atoms with van der Waals surface area (Å²) >= 11 is 0. The van der Waals surface area contributed by atoms with Gasteiger partial charge >= 0.3 is 6.36 Å². The van der Waals surface area contributed by atoms with Crippen molar-refractivity contribution >= 4 is 5.91 Å². The van der Waals surface area contributed by atoms with Gasteiger partial charge in [0.25, 0.3) is 5.91 Å². The molecule has 1 aromatic rings. The second kappa shape index (κ2) is 5.08. The molecule has 104 valence electrons. The maximum absolute atomic E-state index is 11.9. The van der Waals surface area contributed by atoms with Gasteiger partial charge in [0, 0.05) is 17.6 Å². The largest absolute Gasteiger partial charge is 0.573 e. The van der Waals surface area contributed by atoms with Crippen LogP contribution in [0.3, 0.4) is 0 Å². The van der Waals surface area contributed by atoms with Crippen LogP contribution in [0.2, 0.25) is 0 Å². The molecule has 4 nitrogen and oxygen atoms in total. The van der Waals surface area contributed by atoms with E-state index in [1.165, 1.54) is 12.1 Å². The molecule has 0 bridgehead atoms. The zero-order valence-electron chi connectivity index (χ0n) is 9.91. The van der Waals surface area contributed by atoms with Gasteiger partial charge in [-0.05, 0) is 37.1 Å². The van der Waals surface area contributed by atoms with Crippen molar-refractivity contribution in [3.8, 4) is 5.75 Å². The van der Waals surface area contributed by atoms with E-state index >= 15 is 0 Å². The van der Waals surface area contributed by atoms with Gasteiger partial charge < -0.3 is 15.8 Å². The lowest BCUT2D eigenvalue weighted by Crippen LogP contribution is -2.50. The number of amides is 1. The van der Waals surface area contributed by atoms with Gasteiger partial charge in [-0.15, -0.1) is 13.2 Å². The van der Waals surface area contributed by atoms with Gasteiger partial charge in [-0.3, -0.25) is 4.79 Å². The van der Waals surface area contributed by atoms with Crippen molar-refractivity contribution in [2.24, 2.45) is 5.73 Å². The van der Waals surface area contributed by atoms with Crippen LogP contribution in [0.5, 0.6) is 5.75 Å². The van der Waals surface area contributed by atoms with Gasteiger partial charge in [0.2, 0.25) is 0 Å². The predicted octanol–water partition coefficient (Wildman–Crippen LogP) is 1.80. The summed E-state index contributed by atoms with van der Waals surface area (Å²) in [5.41, 5.74) is 5.87. The Morgan fingerprint density at radius 2 is 1.84 bits per heavy atom. The van der Waals surface area contributed by atoms with E-state index in [0.717, 1.165) is 25.0 Å². The first-order valence-corrected chi connectivity index (χ1v) is 5.76. The van der Waals surface area contributed by atoms with Crippen LogP contribution in [0.4, 0.5) is 13.2 Å². The van der Waals surface area contributed by atoms with Gasteiger partial charge in [0.05, 0.1) is 0 Å². The van der Waals surface area contributed by atoms with Crippen molar-refractivity contribution in [2.45, 2.75) is 31.3 Å². The number of carbonyl (C=O) groups is 1. The number of ether oxygens (including phenoxy) is 1. The van der Waals surface area contributed by atoms with Crippen molar-refractivity contribution in [3.63, 3.8) is 0 Å². The highest BCUT2D eigenvalue weighted by molar-refractivity contribution is 5.94. The highest BCUT2D eigenvalue weighted by Gasteiger charge is 2.31. The quantitative estimate of drug-likeness (QED) is 0.883. The monoisotopic (exact) mass is 274 g/mol. The zero-order valence-corrected chi connectivity index (χ0v) is 9.91. The fourth-order valence-electron chi connectivity index (χ4n) is 1.86. The third-order valence-corrected chi connectivity index (χ3v) is 2.86. The van der Waals surface area contributed by atoms with Crippen molar-refractivity contribution in [2.75, 3.05) is 0 Å². The van der Waals surface area contributed by atoms with E-state index in [-0.39, 0.29) is 29.3 Å². The maximum Gasteiger partial charge on any atom is 0.573 e. The molecular weight excluding hydrogens is 261 g/mol. The van der Waals surface area contributed by atoms with Crippen LogP contribution >= 0.6 is 0 Å². The molecule has 1 aliphatic rings. The molecule has 1 aliphatic carbocycles. The fraction of sp³-hybridized carbons (Fsp3) is 0.417. The topological polar surface area (TPSA) is 64.3 Å². The molecule has 1 aromatic carbocycles. The summed E-state index contributed by atoms with van der Waals surface area (Å²) in [5.74, 6) is -0.676. The highest BCUT2D eigenvalue weighted by Crippen LogP contribution is 2.23. The molecule has 19 heavy (non-hydrogen) atoms. The van der Waals surface area contributed by atoms with E-state index in [1.807, 2.05) is 0 Å². The first kappa shape index (κ1) is 13.7. The van der Waals surface area contributed by atoms with Crippen LogP contribution in [-0.4, -0.2) is 24.4 Å². The summed E-state index contributed by atoms with van der Waals surface area (Å²) in [5, 5.41) is 2.75. The van der Waals surface area contributed by atoms with Crippen molar-refractivity contribution < 1.29 is 22.7 Å². The van der Waals surface area contributed by atoms with Crippen molar-refractivity contribution in [1.82, 2.24) is 5.32 Å². The molecule has 0 heterocycles. The zero-order chi connectivity index (χ0) is 14.0. The number of alkyl halides is 3. The minimum Gasteiger partial charge on any atom is -0.406 e. The lowest BCUT2D eigenvalue weighted by molar-refractivity contribution is -0.274. The Morgan fingerprint density at radius 3 is 2.32 bits per heavy atom. The van der Waals surface area contributed by atoms with Gasteiger partial charge in [0.15, 0.2) is 0 Å². The molecule has 0 radical (unpaired) electrons. The highest BCUT2D eigenvalue weighted by atomic mass is 19.4. The summed E-state index contributed by atoms with van der Waals surface area (Å²) < 4.78 is 39.6. The molecule has 2 rings (SSSR count). The van der Waals surface area contributed by atoms with Crippen LogP contribution < -0.4 is 15.8 Å². The molecule has 0 spiro atoms. The lowest BCUT2D eigenvalue weighted by atomic mass is 9.87. The average molecular weight is 274 g/mol. The number of nitrogens with two attached hydrogens (primary N) is 1. The maximum atomic E-state index is 11.9. The fourth-order valence-corrected chi connectivity index (χ4v) is 1.86. The Hall–Kier alpha value is -1.76. The summed E-state index contributed by atoms with van der Waals surface area (Å²) in [6.45, 7) is 0. The minimum absolute atomic E-state index is 0.0496. The summed E-state index contributed by atoms with van der Waals surface area (Å²) in [7, 11) is 0. The third kappa shape index (κ3) is 3.85. The average Bonchev–Trinajstić information content (AvgIpc) is 2.25. The number of benzene rings is 1. The van der Waals surface area contributed by atoms with Gasteiger partial charge in [-0.2, -0.15) is 0 Å². The van der Waals surface area contributed by atoms with Gasteiger partial charge in [-0.1, -0.05) is 0 Å². The van der Waals surface area contributed by atoms with E-state index in [9.17, 15) is 18.0 Å². The van der Waals surface area contributed by atoms with E-state index in [0.29, 0.717) is 0 Å². The smallest absolute Gasteiger partial charge is 0.406 e. The van der Waals surface area contributed by atoms with E-state index in [4.69, 9.17) is 5.73 Å². The number of hydrogen-bond acceptors (Lipinski definition) is 3. The molecule has 1 amide bonds. The molecule has 3 N–H and O–H groups in total. The van der Waals surface area contributed by atoms with Crippen LogP contribution in [0.15, 0.2) is 24.3 Å². The Labute approximate surface area is 107 Å². The third-order valence-electron chi connectivity index (χ3n) is 2.86. The summed E-state index contributed by atoms with van der Waals surface area (Å²) in [6.07, 6.45) is -3.28. The number of hydrogen-bond donors (Lipinski definition) is 2. The van der Waals surface area contributed by atoms with Gasteiger partial charge in [-0.25, -0.2) is 0 Å². The Morgan fingerprint density at radius 1 is 1.26 bits per heavy atom. The van der Waals surface area contributed by atoms with E-state index in [2.05, 4.69) is 10.1 Å². The molecule has 1 saturated carbocycles. The minimum atomic E-state index is -4.73. The number of rotatable bonds is 3. The van der Waals surface area contributed by atoms with Crippen LogP contribution in [0, 0.1) is 0 Å². The molecule has 0 saturated heterocycles. The SMILES string of the molecule is NC1CC(NC(=O)c2ccc(OC(F)(F)F)cc2)C1. The molecule has 7 heteroatoms. The standard InChI is InChI=1S/C12H13F3N2O2/c13-12(14,15)19-10-3-1-7(2-4-10)11(18)17-9-5-8(16)6-9/h1-4,8-9H,5-6,16H2,(H,17,18). The normalized spacial score (nSPS) is 22.5. The Bertz CT molecular complexity index is 453. The second-order valence-corrected chi connectivity index (χ2v) is 4.47. The molecule has 1 fully saturated rings. The summed E-state index contributed by atoms with van der Waals surface area (Å²) in [4.78, 5) is 11.7. The van der Waals surface area contributed by atoms with E-state index in [1.54, 1.807) is 0 Å². The number of halogens is 3. The van der Waals surface area contributed by atoms with Crippen LogP contribution in [0.1, 0.15) is 23.2 Å². The Balaban J connectivity index is 1.92. The van der Waals surface area contributed by atoms with Crippen LogP contribution in [-0.2, 0) is 0 Å². The second-order valence-electron chi connectivity index (χ2n) is 4.47. The van der Waals surface area contributed by atoms with Crippen molar-refractivity contribution in [3.05, 3.63) is 29.8 Å². The van der Waals surface area contributed by atoms with E-state index < -0.39 is 6.36 Å². The number of carbonyl (C=O) groups excluding carboxylic acids is 1.